The van der Waals surface area contributed by atoms with E-state index in [1.807, 2.05) is 0 Å². The second-order valence-corrected chi connectivity index (χ2v) is 7.02. The standard InChI is InChI=1S/C17H25F3N4O/c1-10(2)7-12-9-14(23-22-12)16(25)21-13-8-11(17(18,19)20)5-6-15(13)24(3)4/h5-6,8,10,12,14,22-23H,7,9H2,1-4H3,(H,21,25). The molecule has 5 nitrogen and oxygen atoms in total. The van der Waals surface area contributed by atoms with E-state index in [4.69, 9.17) is 0 Å². The van der Waals surface area contributed by atoms with Crippen LogP contribution in [0.1, 0.15) is 32.3 Å². The molecule has 8 heteroatoms. The molecule has 0 spiro atoms. The van der Waals surface area contributed by atoms with Crippen LogP contribution in [0.4, 0.5) is 24.5 Å². The molecular formula is C17H25F3N4O. The number of hydrogen-bond acceptors (Lipinski definition) is 4. The van der Waals surface area contributed by atoms with E-state index in [-0.39, 0.29) is 17.6 Å². The highest BCUT2D eigenvalue weighted by atomic mass is 19.4. The highest BCUT2D eigenvalue weighted by Crippen LogP contribution is 2.35. The Morgan fingerprint density at radius 3 is 2.56 bits per heavy atom. The Bertz CT molecular complexity index is 616. The van der Waals surface area contributed by atoms with Crippen molar-refractivity contribution in [3.63, 3.8) is 0 Å². The van der Waals surface area contributed by atoms with Gasteiger partial charge in [0.05, 0.1) is 16.9 Å². The second-order valence-electron chi connectivity index (χ2n) is 7.02. The third-order valence-electron chi connectivity index (χ3n) is 4.12. The third kappa shape index (κ3) is 5.09. The first-order valence-electron chi connectivity index (χ1n) is 8.28. The van der Waals surface area contributed by atoms with Crippen molar-refractivity contribution in [3.05, 3.63) is 23.8 Å². The molecule has 1 aliphatic rings. The molecule has 2 unspecified atom stereocenters. The summed E-state index contributed by atoms with van der Waals surface area (Å²) in [6.07, 6.45) is -2.94. The molecule has 1 aromatic carbocycles. The van der Waals surface area contributed by atoms with Crippen molar-refractivity contribution < 1.29 is 18.0 Å². The lowest BCUT2D eigenvalue weighted by molar-refractivity contribution is -0.137. The molecule has 2 atom stereocenters. The fraction of sp³-hybridized carbons (Fsp3) is 0.588. The Balaban J connectivity index is 2.14. The molecule has 1 saturated heterocycles. The fourth-order valence-electron chi connectivity index (χ4n) is 2.94. The van der Waals surface area contributed by atoms with E-state index in [0.717, 1.165) is 18.6 Å². The van der Waals surface area contributed by atoms with E-state index in [1.54, 1.807) is 19.0 Å². The first kappa shape index (κ1) is 19.5. The lowest BCUT2D eigenvalue weighted by Crippen LogP contribution is -2.40. The average molecular weight is 358 g/mol. The summed E-state index contributed by atoms with van der Waals surface area (Å²) in [6.45, 7) is 4.20. The van der Waals surface area contributed by atoms with Gasteiger partial charge < -0.3 is 10.2 Å². The van der Waals surface area contributed by atoms with Crippen molar-refractivity contribution in [2.24, 2.45) is 5.92 Å². The van der Waals surface area contributed by atoms with Crippen LogP contribution >= 0.6 is 0 Å². The lowest BCUT2D eigenvalue weighted by Gasteiger charge is -2.21. The SMILES string of the molecule is CC(C)CC1CC(C(=O)Nc2cc(C(F)(F)F)ccc2N(C)C)NN1. The van der Waals surface area contributed by atoms with Gasteiger partial charge in [0.25, 0.3) is 0 Å². The third-order valence-corrected chi connectivity index (χ3v) is 4.12. The fourth-order valence-corrected chi connectivity index (χ4v) is 2.94. The summed E-state index contributed by atoms with van der Waals surface area (Å²) >= 11 is 0. The molecular weight excluding hydrogens is 333 g/mol. The number of anilines is 2. The van der Waals surface area contributed by atoms with Gasteiger partial charge in [-0.3, -0.25) is 10.2 Å². The van der Waals surface area contributed by atoms with Crippen LogP contribution in [0.25, 0.3) is 0 Å². The van der Waals surface area contributed by atoms with Crippen LogP contribution < -0.4 is 21.1 Å². The van der Waals surface area contributed by atoms with E-state index < -0.39 is 17.8 Å². The number of carbonyl (C=O) groups excluding carboxylic acids is 1. The normalized spacial score (nSPS) is 20.8. The van der Waals surface area contributed by atoms with Gasteiger partial charge in [0.15, 0.2) is 0 Å². The van der Waals surface area contributed by atoms with Gasteiger partial charge in [-0.15, -0.1) is 0 Å². The summed E-state index contributed by atoms with van der Waals surface area (Å²) in [5.74, 6) is 0.145. The quantitative estimate of drug-likeness (QED) is 0.757. The molecule has 0 aromatic heterocycles. The Hall–Kier alpha value is -1.80. The summed E-state index contributed by atoms with van der Waals surface area (Å²) in [5.41, 5.74) is 5.89. The van der Waals surface area contributed by atoms with Crippen molar-refractivity contribution in [1.82, 2.24) is 10.9 Å². The van der Waals surface area contributed by atoms with Crippen LogP contribution in [0.2, 0.25) is 0 Å². The summed E-state index contributed by atoms with van der Waals surface area (Å²) < 4.78 is 38.9. The first-order chi connectivity index (χ1) is 11.6. The molecule has 2 rings (SSSR count). The van der Waals surface area contributed by atoms with E-state index >= 15 is 0 Å². The van der Waals surface area contributed by atoms with Crippen LogP contribution in [0.15, 0.2) is 18.2 Å². The molecule has 1 amide bonds. The Kier molecular flexibility index (Phi) is 5.95. The van der Waals surface area contributed by atoms with Crippen molar-refractivity contribution in [3.8, 4) is 0 Å². The first-order valence-corrected chi connectivity index (χ1v) is 8.28. The molecule has 0 bridgehead atoms. The minimum absolute atomic E-state index is 0.152. The van der Waals surface area contributed by atoms with Gasteiger partial charge in [0.1, 0.15) is 6.04 Å². The number of rotatable bonds is 5. The maximum absolute atomic E-state index is 13.0. The highest BCUT2D eigenvalue weighted by Gasteiger charge is 2.33. The van der Waals surface area contributed by atoms with E-state index in [9.17, 15) is 18.0 Å². The van der Waals surface area contributed by atoms with Gasteiger partial charge in [-0.1, -0.05) is 13.8 Å². The predicted octanol–water partition coefficient (Wildman–Crippen LogP) is 2.99. The van der Waals surface area contributed by atoms with Gasteiger partial charge >= 0.3 is 6.18 Å². The number of hydrazine groups is 1. The summed E-state index contributed by atoms with van der Waals surface area (Å²) in [5, 5.41) is 2.64. The number of carbonyl (C=O) groups is 1. The second kappa shape index (κ2) is 7.61. The summed E-state index contributed by atoms with van der Waals surface area (Å²) in [6, 6.07) is 3.04. The molecule has 1 fully saturated rings. The zero-order valence-electron chi connectivity index (χ0n) is 14.9. The van der Waals surface area contributed by atoms with Gasteiger partial charge in [0, 0.05) is 20.1 Å². The molecule has 0 aliphatic carbocycles. The maximum atomic E-state index is 13.0. The highest BCUT2D eigenvalue weighted by molar-refractivity contribution is 5.98. The minimum atomic E-state index is -4.46. The number of amides is 1. The van der Waals surface area contributed by atoms with E-state index in [1.165, 1.54) is 6.07 Å². The molecule has 0 radical (unpaired) electrons. The molecule has 140 valence electrons. The zero-order valence-corrected chi connectivity index (χ0v) is 14.9. The lowest BCUT2D eigenvalue weighted by atomic mass is 10.00. The number of nitrogens with zero attached hydrogens (tertiary/aromatic N) is 1. The molecule has 0 saturated carbocycles. The molecule has 1 heterocycles. The molecule has 3 N–H and O–H groups in total. The zero-order chi connectivity index (χ0) is 18.8. The smallest absolute Gasteiger partial charge is 0.376 e. The number of alkyl halides is 3. The summed E-state index contributed by atoms with van der Waals surface area (Å²) in [7, 11) is 3.43. The number of benzene rings is 1. The van der Waals surface area contributed by atoms with Crippen molar-refractivity contribution in [2.45, 2.75) is 44.9 Å². The largest absolute Gasteiger partial charge is 0.416 e. The Morgan fingerprint density at radius 1 is 1.32 bits per heavy atom. The number of nitrogens with one attached hydrogen (secondary N) is 3. The van der Waals surface area contributed by atoms with E-state index in [2.05, 4.69) is 30.0 Å². The van der Waals surface area contributed by atoms with Gasteiger partial charge in [0.2, 0.25) is 5.91 Å². The van der Waals surface area contributed by atoms with Crippen LogP contribution in [-0.2, 0) is 11.0 Å². The van der Waals surface area contributed by atoms with Crippen LogP contribution in [-0.4, -0.2) is 32.1 Å². The van der Waals surface area contributed by atoms with Gasteiger partial charge in [-0.25, -0.2) is 5.43 Å². The van der Waals surface area contributed by atoms with Crippen molar-refractivity contribution >= 4 is 17.3 Å². The van der Waals surface area contributed by atoms with Crippen LogP contribution in [0.5, 0.6) is 0 Å². The van der Waals surface area contributed by atoms with Crippen LogP contribution in [0.3, 0.4) is 0 Å². The Labute approximate surface area is 145 Å². The number of halogens is 3. The number of hydrogen-bond donors (Lipinski definition) is 3. The topological polar surface area (TPSA) is 56.4 Å². The van der Waals surface area contributed by atoms with Gasteiger partial charge in [-0.05, 0) is 37.0 Å². The molecule has 1 aromatic rings. The van der Waals surface area contributed by atoms with Crippen molar-refractivity contribution in [1.29, 1.82) is 0 Å². The minimum Gasteiger partial charge on any atom is -0.376 e. The maximum Gasteiger partial charge on any atom is 0.416 e. The monoisotopic (exact) mass is 358 g/mol. The van der Waals surface area contributed by atoms with Crippen molar-refractivity contribution in [2.75, 3.05) is 24.3 Å². The average Bonchev–Trinajstić information content (AvgIpc) is 2.93. The summed E-state index contributed by atoms with van der Waals surface area (Å²) in [4.78, 5) is 14.1. The predicted molar refractivity (Wildman–Crippen MR) is 92.3 cm³/mol. The van der Waals surface area contributed by atoms with Crippen LogP contribution in [0, 0.1) is 5.92 Å². The van der Waals surface area contributed by atoms with Gasteiger partial charge in [-0.2, -0.15) is 13.2 Å². The molecule has 1 aliphatic heterocycles. The van der Waals surface area contributed by atoms with E-state index in [0.29, 0.717) is 18.0 Å². The Morgan fingerprint density at radius 2 is 2.00 bits per heavy atom. The molecule has 25 heavy (non-hydrogen) atoms.